The molecule has 5 N–H and O–H groups in total. The summed E-state index contributed by atoms with van der Waals surface area (Å²) >= 11 is 9.53. The number of anilines is 4. The van der Waals surface area contributed by atoms with Gasteiger partial charge in [0.25, 0.3) is 0 Å². The first-order chi connectivity index (χ1) is 36.9. The Bertz CT molecular complexity index is 3650. The van der Waals surface area contributed by atoms with E-state index in [1.165, 1.54) is 0 Å². The maximum Gasteiger partial charge on any atom is 0.408 e. The molecule has 12 rings (SSSR count). The number of alkyl carbamates (subject to hydrolysis) is 1. The second kappa shape index (κ2) is 23.1. The molecule has 12 nitrogen and oxygen atoms in total. The molecule has 0 saturated carbocycles. The Kier molecular flexibility index (Phi) is 16.0. The number of nitrogens with zero attached hydrogens (tertiary/aromatic N) is 6. The number of nitrogens with two attached hydrogens (primary N) is 1. The molecule has 0 saturated heterocycles. The van der Waals surface area contributed by atoms with Crippen LogP contribution >= 0.6 is 23.2 Å². The van der Waals surface area contributed by atoms with E-state index in [0.717, 1.165) is 113 Å². The summed E-state index contributed by atoms with van der Waals surface area (Å²) in [5.74, 6) is 3.29. The van der Waals surface area contributed by atoms with Crippen LogP contribution in [0.4, 0.5) is 27.8 Å². The lowest BCUT2D eigenvalue weighted by Gasteiger charge is -2.22. The Morgan fingerprint density at radius 3 is 1.39 bits per heavy atom. The molecule has 0 bridgehead atoms. The van der Waals surface area contributed by atoms with E-state index >= 15 is 0 Å². The van der Waals surface area contributed by atoms with Gasteiger partial charge in [0, 0.05) is 51.8 Å². The maximum absolute atomic E-state index is 12.4. The number of fused-ring (bicyclic) bond motifs is 10. The predicted molar refractivity (Wildman–Crippen MR) is 316 cm³/mol. The van der Waals surface area contributed by atoms with E-state index in [1.54, 1.807) is 6.20 Å². The zero-order valence-electron chi connectivity index (χ0n) is 42.7. The minimum atomic E-state index is -0.556. The van der Waals surface area contributed by atoms with Gasteiger partial charge in [0.2, 0.25) is 0 Å². The molecule has 0 radical (unpaired) electrons. The first kappa shape index (κ1) is 53.3. The summed E-state index contributed by atoms with van der Waals surface area (Å²) in [6.45, 7) is 9.51. The number of amides is 1. The van der Waals surface area contributed by atoms with Gasteiger partial charge >= 0.3 is 6.09 Å². The van der Waals surface area contributed by atoms with Gasteiger partial charge in [-0.1, -0.05) is 141 Å². The zero-order valence-corrected chi connectivity index (χ0v) is 44.2. The Labute approximate surface area is 460 Å². The molecule has 2 aliphatic heterocycles. The summed E-state index contributed by atoms with van der Waals surface area (Å²) in [5, 5.41) is 10.1. The molecular formula is C63H60Cl2N10O2. The van der Waals surface area contributed by atoms with E-state index in [1.807, 2.05) is 132 Å². The number of carbonyl (C=O) groups excluding carboxylic acids is 1. The van der Waals surface area contributed by atoms with E-state index in [4.69, 9.17) is 43.6 Å². The Balaban J connectivity index is 0.000000179. The van der Waals surface area contributed by atoms with Crippen molar-refractivity contribution in [3.8, 4) is 79.2 Å². The number of carbonyl (C=O) groups is 1. The summed E-state index contributed by atoms with van der Waals surface area (Å²) in [7, 11) is 0. The molecule has 1 amide bonds. The highest BCUT2D eigenvalue weighted by molar-refractivity contribution is 6.40. The van der Waals surface area contributed by atoms with Crippen molar-refractivity contribution in [3.05, 3.63) is 206 Å². The average Bonchev–Trinajstić information content (AvgIpc) is 3.99. The third-order valence-corrected chi connectivity index (χ3v) is 12.9. The summed E-state index contributed by atoms with van der Waals surface area (Å²) in [6.07, 6.45) is 3.17. The minimum Gasteiger partial charge on any atom is -0.444 e. The average molecular weight is 1060 g/mol. The van der Waals surface area contributed by atoms with E-state index in [2.05, 4.69) is 126 Å². The SMILES string of the molecule is C.C[C@H](N)c1ccc(-c2c(-c3ccccc3)nc3n2-c2cccnc2Nc2ccccc2-3)cc1.C[C@H](NC(=O)OC(C)(C)C)c1ccc(-c2c(-c3ccccc3)nc3n2-c2cccnc2Nc2ccccc2-3)cc1.ClCCl. The van der Waals surface area contributed by atoms with Gasteiger partial charge in [-0.3, -0.25) is 9.13 Å². The molecule has 77 heavy (non-hydrogen) atoms. The normalized spacial score (nSPS) is 12.3. The molecule has 388 valence electrons. The molecule has 6 heterocycles. The van der Waals surface area contributed by atoms with Crippen LogP contribution in [0.5, 0.6) is 0 Å². The Morgan fingerprint density at radius 1 is 0.571 bits per heavy atom. The highest BCUT2D eigenvalue weighted by atomic mass is 35.5. The third-order valence-electron chi connectivity index (χ3n) is 12.9. The largest absolute Gasteiger partial charge is 0.444 e. The fraction of sp³-hybridized carbons (Fsp3) is 0.159. The lowest BCUT2D eigenvalue weighted by atomic mass is 10.0. The van der Waals surface area contributed by atoms with Crippen molar-refractivity contribution in [1.29, 1.82) is 0 Å². The van der Waals surface area contributed by atoms with Crippen molar-refractivity contribution < 1.29 is 9.53 Å². The second-order valence-electron chi connectivity index (χ2n) is 19.3. The molecule has 10 aromatic rings. The van der Waals surface area contributed by atoms with Crippen LogP contribution in [0.1, 0.15) is 65.3 Å². The van der Waals surface area contributed by atoms with Gasteiger partial charge in [-0.15, -0.1) is 23.2 Å². The quantitative estimate of drug-likeness (QED) is 0.114. The topological polar surface area (TPSA) is 150 Å². The zero-order chi connectivity index (χ0) is 52.9. The standard InChI is InChI=1S/C33H31N5O2.C28H23N5.CH2Cl2.CH4/c1-21(35-32(39)40-33(2,3)4)22-16-18-24(19-17-22)29-28(23-11-6-5-7-12-23)37-31-25-13-8-9-14-26(25)36-30-27(38(29)31)15-10-20-34-30;1-18(29)19-13-15-21(16-14-19)26-25(20-8-3-2-4-9-20)32-28-22-10-5-6-11-23(22)31-27-24(33(26)28)12-7-17-30-27;2-1-3;/h5-21H,1-4H3,(H,34,36)(H,35,39);2-18H,29H2,1H3,(H,30,31);1H2;1H4/t21-;18-;;/m00../s1. The first-order valence-corrected chi connectivity index (χ1v) is 26.0. The van der Waals surface area contributed by atoms with Gasteiger partial charge in [-0.2, -0.15) is 0 Å². The van der Waals surface area contributed by atoms with Crippen molar-refractivity contribution in [2.75, 3.05) is 16.0 Å². The van der Waals surface area contributed by atoms with Crippen molar-refractivity contribution >= 4 is 52.3 Å². The number of nitrogens with one attached hydrogen (secondary N) is 3. The molecule has 0 spiro atoms. The summed E-state index contributed by atoms with van der Waals surface area (Å²) in [4.78, 5) is 32.2. The smallest absolute Gasteiger partial charge is 0.408 e. The number of halogens is 2. The third kappa shape index (κ3) is 11.2. The number of alkyl halides is 2. The number of aromatic nitrogens is 6. The lowest BCUT2D eigenvalue weighted by molar-refractivity contribution is 0.0508. The molecular weight excluding hydrogens is 1000 g/mol. The van der Waals surface area contributed by atoms with Crippen LogP contribution in [0.15, 0.2) is 194 Å². The van der Waals surface area contributed by atoms with Crippen LogP contribution in [-0.2, 0) is 4.74 Å². The monoisotopic (exact) mass is 1060 g/mol. The number of hydrogen-bond donors (Lipinski definition) is 4. The lowest BCUT2D eigenvalue weighted by Crippen LogP contribution is -2.34. The van der Waals surface area contributed by atoms with E-state index in [-0.39, 0.29) is 24.8 Å². The van der Waals surface area contributed by atoms with Crippen molar-refractivity contribution in [2.24, 2.45) is 5.73 Å². The van der Waals surface area contributed by atoms with Crippen LogP contribution in [0.25, 0.3) is 79.2 Å². The molecule has 0 unspecified atom stereocenters. The molecule has 0 aliphatic carbocycles. The number of benzene rings is 6. The van der Waals surface area contributed by atoms with E-state index < -0.39 is 11.7 Å². The van der Waals surface area contributed by atoms with Crippen LogP contribution in [0, 0.1) is 0 Å². The number of pyridine rings is 2. The summed E-state index contributed by atoms with van der Waals surface area (Å²) < 4.78 is 9.86. The first-order valence-electron chi connectivity index (χ1n) is 25.0. The van der Waals surface area contributed by atoms with Crippen LogP contribution in [0.3, 0.4) is 0 Å². The minimum absolute atomic E-state index is 0. The van der Waals surface area contributed by atoms with Crippen LogP contribution in [-0.4, -0.2) is 46.1 Å². The van der Waals surface area contributed by atoms with Crippen LogP contribution < -0.4 is 21.7 Å². The number of hydrogen-bond acceptors (Lipinski definition) is 9. The summed E-state index contributed by atoms with van der Waals surface area (Å²) in [5.41, 5.74) is 21.5. The Hall–Kier alpha value is -8.55. The van der Waals surface area contributed by atoms with E-state index in [0.29, 0.717) is 0 Å². The second-order valence-corrected chi connectivity index (χ2v) is 20.1. The van der Waals surface area contributed by atoms with Gasteiger partial charge in [-0.25, -0.2) is 24.7 Å². The molecule has 0 fully saturated rings. The van der Waals surface area contributed by atoms with Gasteiger partial charge in [0.1, 0.15) is 17.2 Å². The molecule has 6 aromatic carbocycles. The molecule has 14 heteroatoms. The van der Waals surface area contributed by atoms with Gasteiger partial charge in [0.15, 0.2) is 11.6 Å². The molecule has 2 aliphatic rings. The van der Waals surface area contributed by atoms with Crippen molar-refractivity contribution in [1.82, 2.24) is 34.4 Å². The maximum atomic E-state index is 12.4. The predicted octanol–water partition coefficient (Wildman–Crippen LogP) is 16.3. The summed E-state index contributed by atoms with van der Waals surface area (Å²) in [6, 6.07) is 61.5. The van der Waals surface area contributed by atoms with Gasteiger partial charge in [-0.05, 0) is 94.3 Å². The van der Waals surface area contributed by atoms with Crippen molar-refractivity contribution in [2.45, 2.75) is 59.7 Å². The van der Waals surface area contributed by atoms with Gasteiger partial charge < -0.3 is 26.4 Å². The Morgan fingerprint density at radius 2 is 0.974 bits per heavy atom. The molecule has 2 atom stereocenters. The fourth-order valence-corrected chi connectivity index (χ4v) is 9.42. The highest BCUT2D eigenvalue weighted by Crippen LogP contribution is 2.46. The van der Waals surface area contributed by atoms with Crippen molar-refractivity contribution in [3.63, 3.8) is 0 Å². The number of para-hydroxylation sites is 2. The van der Waals surface area contributed by atoms with Gasteiger partial charge in [0.05, 0.1) is 56.9 Å². The fourth-order valence-electron chi connectivity index (χ4n) is 9.42. The number of imidazole rings is 2. The number of rotatable bonds is 7. The number of ether oxygens (including phenoxy) is 1. The molecule has 4 aromatic heterocycles. The van der Waals surface area contributed by atoms with E-state index in [9.17, 15) is 4.79 Å². The highest BCUT2D eigenvalue weighted by Gasteiger charge is 2.30. The van der Waals surface area contributed by atoms with Crippen LogP contribution in [0.2, 0.25) is 0 Å².